The highest BCUT2D eigenvalue weighted by Crippen LogP contribution is 2.35. The van der Waals surface area contributed by atoms with E-state index in [1.165, 1.54) is 0 Å². The van der Waals surface area contributed by atoms with Gasteiger partial charge in [0.15, 0.2) is 0 Å². The van der Waals surface area contributed by atoms with Crippen molar-refractivity contribution in [2.45, 2.75) is 32.4 Å². The number of hydrogen-bond donors (Lipinski definition) is 1. The Morgan fingerprint density at radius 2 is 1.86 bits per heavy atom. The Kier molecular flexibility index (Phi) is 7.25. The van der Waals surface area contributed by atoms with Crippen molar-refractivity contribution in [1.29, 1.82) is 0 Å². The Balaban J connectivity index is 1.75. The summed E-state index contributed by atoms with van der Waals surface area (Å²) in [4.78, 5) is 27.5. The number of hydrogen-bond acceptors (Lipinski definition) is 4. The lowest BCUT2D eigenvalue weighted by Gasteiger charge is -2.25. The van der Waals surface area contributed by atoms with E-state index in [4.69, 9.17) is 9.47 Å². The van der Waals surface area contributed by atoms with Crippen LogP contribution in [0, 0.1) is 0 Å². The van der Waals surface area contributed by atoms with E-state index in [9.17, 15) is 9.59 Å². The molecule has 0 spiro atoms. The maximum atomic E-state index is 13.0. The number of unbranched alkanes of at least 4 members (excludes halogenated alkanes) is 1. The number of carbonyl (C=O) groups is 2. The Morgan fingerprint density at radius 1 is 1.10 bits per heavy atom. The first-order valence-corrected chi connectivity index (χ1v) is 10.0. The van der Waals surface area contributed by atoms with Crippen LogP contribution in [0.3, 0.4) is 0 Å². The van der Waals surface area contributed by atoms with Crippen LogP contribution in [0.4, 0.5) is 0 Å². The smallest absolute Gasteiger partial charge is 0.255 e. The summed E-state index contributed by atoms with van der Waals surface area (Å²) in [6.07, 6.45) is 2.10. The SMILES string of the molecule is CCCCOc1ccc(CN2C(=O)c3ccccc3C2C(=O)NCCOC)cc1. The van der Waals surface area contributed by atoms with Crippen molar-refractivity contribution in [2.75, 3.05) is 26.9 Å². The van der Waals surface area contributed by atoms with E-state index in [-0.39, 0.29) is 11.8 Å². The summed E-state index contributed by atoms with van der Waals surface area (Å²) in [5.74, 6) is 0.489. The van der Waals surface area contributed by atoms with Crippen LogP contribution < -0.4 is 10.1 Å². The Labute approximate surface area is 171 Å². The molecule has 0 bridgehead atoms. The fourth-order valence-electron chi connectivity index (χ4n) is 3.41. The molecule has 154 valence electrons. The Morgan fingerprint density at radius 3 is 2.59 bits per heavy atom. The monoisotopic (exact) mass is 396 g/mol. The number of carbonyl (C=O) groups excluding carboxylic acids is 2. The number of nitrogens with one attached hydrogen (secondary N) is 1. The molecule has 1 aliphatic rings. The molecule has 29 heavy (non-hydrogen) atoms. The van der Waals surface area contributed by atoms with Gasteiger partial charge in [-0.25, -0.2) is 0 Å². The molecule has 6 heteroatoms. The van der Waals surface area contributed by atoms with Crippen LogP contribution in [0.15, 0.2) is 48.5 Å². The molecule has 0 saturated heterocycles. The number of amides is 2. The van der Waals surface area contributed by atoms with Crippen molar-refractivity contribution in [3.8, 4) is 5.75 Å². The molecule has 0 aromatic heterocycles. The van der Waals surface area contributed by atoms with E-state index >= 15 is 0 Å². The van der Waals surface area contributed by atoms with Crippen LogP contribution in [0.2, 0.25) is 0 Å². The molecule has 0 saturated carbocycles. The van der Waals surface area contributed by atoms with Crippen molar-refractivity contribution < 1.29 is 19.1 Å². The number of nitrogens with zero attached hydrogens (tertiary/aromatic N) is 1. The van der Waals surface area contributed by atoms with Gasteiger partial charge in [-0.1, -0.05) is 43.7 Å². The van der Waals surface area contributed by atoms with Gasteiger partial charge in [0, 0.05) is 25.8 Å². The average molecular weight is 396 g/mol. The summed E-state index contributed by atoms with van der Waals surface area (Å²) in [7, 11) is 1.59. The second-order valence-electron chi connectivity index (χ2n) is 7.05. The molecule has 1 N–H and O–H groups in total. The zero-order chi connectivity index (χ0) is 20.6. The van der Waals surface area contributed by atoms with E-state index in [1.807, 2.05) is 42.5 Å². The molecule has 1 atom stereocenters. The van der Waals surface area contributed by atoms with Crippen molar-refractivity contribution in [1.82, 2.24) is 10.2 Å². The molecular weight excluding hydrogens is 368 g/mol. The highest BCUT2D eigenvalue weighted by Gasteiger charge is 2.40. The maximum absolute atomic E-state index is 13.0. The predicted molar refractivity (Wildman–Crippen MR) is 111 cm³/mol. The molecule has 3 rings (SSSR count). The number of rotatable bonds is 10. The summed E-state index contributed by atoms with van der Waals surface area (Å²) in [5.41, 5.74) is 2.27. The first-order chi connectivity index (χ1) is 14.2. The van der Waals surface area contributed by atoms with Gasteiger partial charge in [-0.3, -0.25) is 9.59 Å². The fraction of sp³-hybridized carbons (Fsp3) is 0.391. The van der Waals surface area contributed by atoms with Crippen LogP contribution in [-0.4, -0.2) is 43.6 Å². The van der Waals surface area contributed by atoms with Crippen LogP contribution >= 0.6 is 0 Å². The average Bonchev–Trinajstić information content (AvgIpc) is 3.01. The molecule has 0 aliphatic carbocycles. The fourth-order valence-corrected chi connectivity index (χ4v) is 3.41. The van der Waals surface area contributed by atoms with Crippen molar-refractivity contribution in [3.63, 3.8) is 0 Å². The van der Waals surface area contributed by atoms with Gasteiger partial charge in [0.25, 0.3) is 5.91 Å². The minimum Gasteiger partial charge on any atom is -0.494 e. The van der Waals surface area contributed by atoms with Gasteiger partial charge in [0.05, 0.1) is 13.2 Å². The largest absolute Gasteiger partial charge is 0.494 e. The summed E-state index contributed by atoms with van der Waals surface area (Å²) < 4.78 is 10.7. The summed E-state index contributed by atoms with van der Waals surface area (Å²) in [5, 5.41) is 2.86. The molecule has 2 amide bonds. The Bertz CT molecular complexity index is 835. The van der Waals surface area contributed by atoms with Crippen LogP contribution in [-0.2, 0) is 16.1 Å². The molecule has 2 aromatic carbocycles. The zero-order valence-electron chi connectivity index (χ0n) is 17.0. The van der Waals surface area contributed by atoms with Gasteiger partial charge < -0.3 is 19.7 Å². The third kappa shape index (κ3) is 4.95. The second-order valence-corrected chi connectivity index (χ2v) is 7.05. The van der Waals surface area contributed by atoms with Crippen LogP contribution in [0.5, 0.6) is 5.75 Å². The molecule has 1 unspecified atom stereocenters. The van der Waals surface area contributed by atoms with Crippen molar-refractivity contribution in [2.24, 2.45) is 0 Å². The quantitative estimate of drug-likeness (QED) is 0.626. The highest BCUT2D eigenvalue weighted by molar-refractivity contribution is 6.04. The van der Waals surface area contributed by atoms with Gasteiger partial charge in [0.2, 0.25) is 5.91 Å². The zero-order valence-corrected chi connectivity index (χ0v) is 17.0. The number of ether oxygens (including phenoxy) is 2. The molecule has 2 aromatic rings. The third-order valence-corrected chi connectivity index (χ3v) is 4.95. The number of methoxy groups -OCH3 is 1. The third-order valence-electron chi connectivity index (χ3n) is 4.95. The van der Waals surface area contributed by atoms with Crippen molar-refractivity contribution in [3.05, 3.63) is 65.2 Å². The van der Waals surface area contributed by atoms with Crippen LogP contribution in [0.1, 0.15) is 47.3 Å². The van der Waals surface area contributed by atoms with Crippen molar-refractivity contribution >= 4 is 11.8 Å². The van der Waals surface area contributed by atoms with Gasteiger partial charge >= 0.3 is 0 Å². The normalized spacial score (nSPS) is 15.3. The standard InChI is InChI=1S/C23H28N2O4/c1-3-4-14-29-18-11-9-17(10-12-18)16-25-21(22(26)24-13-15-28-2)19-7-5-6-8-20(19)23(25)27/h5-12,21H,3-4,13-16H2,1-2H3,(H,24,26). The van der Waals surface area contributed by atoms with Gasteiger partial charge in [-0.2, -0.15) is 0 Å². The van der Waals surface area contributed by atoms with Gasteiger partial charge in [0.1, 0.15) is 11.8 Å². The molecule has 1 heterocycles. The molecule has 0 fully saturated rings. The molecule has 1 aliphatic heterocycles. The first kappa shape index (κ1) is 20.9. The minimum absolute atomic E-state index is 0.129. The predicted octanol–water partition coefficient (Wildman–Crippen LogP) is 3.33. The maximum Gasteiger partial charge on any atom is 0.255 e. The molecular formula is C23H28N2O4. The van der Waals surface area contributed by atoms with E-state index in [2.05, 4.69) is 12.2 Å². The summed E-state index contributed by atoms with van der Waals surface area (Å²) >= 11 is 0. The molecule has 0 radical (unpaired) electrons. The second kappa shape index (κ2) is 10.1. The van der Waals surface area contributed by atoms with Gasteiger partial charge in [-0.15, -0.1) is 0 Å². The van der Waals surface area contributed by atoms with Crippen LogP contribution in [0.25, 0.3) is 0 Å². The van der Waals surface area contributed by atoms with E-state index in [1.54, 1.807) is 18.1 Å². The lowest BCUT2D eigenvalue weighted by Crippen LogP contribution is -2.39. The number of fused-ring (bicyclic) bond motifs is 1. The summed E-state index contributed by atoms with van der Waals surface area (Å²) in [6.45, 7) is 4.00. The lowest BCUT2D eigenvalue weighted by atomic mass is 10.0. The van der Waals surface area contributed by atoms with E-state index < -0.39 is 6.04 Å². The van der Waals surface area contributed by atoms with Gasteiger partial charge in [-0.05, 0) is 35.7 Å². The lowest BCUT2D eigenvalue weighted by molar-refractivity contribution is -0.125. The van der Waals surface area contributed by atoms with E-state index in [0.29, 0.717) is 31.9 Å². The minimum atomic E-state index is -0.643. The number of benzene rings is 2. The van der Waals surface area contributed by atoms with E-state index in [0.717, 1.165) is 29.7 Å². The molecule has 6 nitrogen and oxygen atoms in total. The summed E-state index contributed by atoms with van der Waals surface area (Å²) in [6, 6.07) is 14.4. The topological polar surface area (TPSA) is 67.9 Å². The first-order valence-electron chi connectivity index (χ1n) is 10.0. The Hall–Kier alpha value is -2.86. The highest BCUT2D eigenvalue weighted by atomic mass is 16.5.